The van der Waals surface area contributed by atoms with Gasteiger partial charge in [-0.1, -0.05) is 30.3 Å². The normalized spacial score (nSPS) is 15.7. The first-order valence-electron chi connectivity index (χ1n) is 6.76. The van der Waals surface area contributed by atoms with Crippen molar-refractivity contribution < 1.29 is 36.6 Å². The maximum absolute atomic E-state index is 12.4. The van der Waals surface area contributed by atoms with Gasteiger partial charge in [-0.2, -0.15) is 26.3 Å². The van der Waals surface area contributed by atoms with E-state index in [2.05, 4.69) is 0 Å². The molecule has 23 heavy (non-hydrogen) atoms. The standard InChI is InChI=1S/C14H17F6NO2/c15-13(16,17)11(22)6-7-21(9-12(23)14(18,19)20)8-10-4-2-1-3-5-10/h1-5,11-12,22-23H,6-9H2. The minimum Gasteiger partial charge on any atom is -0.384 e. The first-order chi connectivity index (χ1) is 10.5. The number of hydrogen-bond acceptors (Lipinski definition) is 3. The molecule has 0 aliphatic heterocycles. The highest BCUT2D eigenvalue weighted by atomic mass is 19.4. The van der Waals surface area contributed by atoms with E-state index in [1.807, 2.05) is 0 Å². The van der Waals surface area contributed by atoms with Gasteiger partial charge in [0.05, 0.1) is 0 Å². The highest BCUT2D eigenvalue weighted by molar-refractivity contribution is 5.14. The van der Waals surface area contributed by atoms with Gasteiger partial charge in [0, 0.05) is 19.6 Å². The SMILES string of the molecule is OC(CCN(Cc1ccccc1)CC(O)C(F)(F)F)C(F)(F)F. The molecule has 0 heterocycles. The minimum atomic E-state index is -4.86. The van der Waals surface area contributed by atoms with Gasteiger partial charge in [-0.05, 0) is 12.0 Å². The molecule has 3 nitrogen and oxygen atoms in total. The van der Waals surface area contributed by atoms with Crippen molar-refractivity contribution in [3.8, 4) is 0 Å². The zero-order chi connectivity index (χ0) is 17.7. The number of aliphatic hydroxyl groups is 2. The summed E-state index contributed by atoms with van der Waals surface area (Å²) in [7, 11) is 0. The number of alkyl halides is 6. The van der Waals surface area contributed by atoms with Gasteiger partial charge in [0.2, 0.25) is 0 Å². The Balaban J connectivity index is 2.72. The predicted octanol–water partition coefficient (Wildman–Crippen LogP) is 2.73. The zero-order valence-electron chi connectivity index (χ0n) is 12.0. The summed E-state index contributed by atoms with van der Waals surface area (Å²) in [5.74, 6) is 0. The summed E-state index contributed by atoms with van der Waals surface area (Å²) in [5.41, 5.74) is 0.586. The van der Waals surface area contributed by atoms with E-state index in [0.29, 0.717) is 5.56 Å². The first kappa shape index (κ1) is 19.7. The van der Waals surface area contributed by atoms with Crippen LogP contribution in [0.1, 0.15) is 12.0 Å². The maximum atomic E-state index is 12.4. The summed E-state index contributed by atoms with van der Waals surface area (Å²) in [6.45, 7) is -1.38. The van der Waals surface area contributed by atoms with Crippen LogP contribution >= 0.6 is 0 Å². The van der Waals surface area contributed by atoms with Crippen LogP contribution in [0.3, 0.4) is 0 Å². The van der Waals surface area contributed by atoms with Crippen LogP contribution in [0.15, 0.2) is 30.3 Å². The first-order valence-corrected chi connectivity index (χ1v) is 6.76. The molecule has 2 unspecified atom stereocenters. The number of halogens is 6. The molecule has 0 aromatic heterocycles. The van der Waals surface area contributed by atoms with Crippen molar-refractivity contribution in [2.24, 2.45) is 0 Å². The lowest BCUT2D eigenvalue weighted by atomic mass is 10.1. The largest absolute Gasteiger partial charge is 0.415 e. The monoisotopic (exact) mass is 345 g/mol. The molecule has 1 rings (SSSR count). The van der Waals surface area contributed by atoms with Gasteiger partial charge in [-0.25, -0.2) is 0 Å². The molecule has 0 bridgehead atoms. The maximum Gasteiger partial charge on any atom is 0.415 e. The summed E-state index contributed by atoms with van der Waals surface area (Å²) >= 11 is 0. The molecular weight excluding hydrogens is 328 g/mol. The molecule has 0 aliphatic carbocycles. The Bertz CT molecular complexity index is 463. The van der Waals surface area contributed by atoms with Crippen LogP contribution in [0, 0.1) is 0 Å². The highest BCUT2D eigenvalue weighted by Gasteiger charge is 2.40. The van der Waals surface area contributed by atoms with Gasteiger partial charge in [0.15, 0.2) is 12.2 Å². The lowest BCUT2D eigenvalue weighted by Crippen LogP contribution is -2.42. The summed E-state index contributed by atoms with van der Waals surface area (Å²) in [4.78, 5) is 1.03. The fraction of sp³-hybridized carbons (Fsp3) is 0.571. The fourth-order valence-corrected chi connectivity index (χ4v) is 1.89. The number of rotatable bonds is 7. The van der Waals surface area contributed by atoms with E-state index in [1.54, 1.807) is 30.3 Å². The number of hydrogen-bond donors (Lipinski definition) is 2. The third kappa shape index (κ3) is 7.19. The second kappa shape index (κ2) is 7.98. The molecule has 1 aromatic carbocycles. The van der Waals surface area contributed by atoms with Crippen LogP contribution in [0.25, 0.3) is 0 Å². The molecule has 0 fully saturated rings. The smallest absolute Gasteiger partial charge is 0.384 e. The number of benzene rings is 1. The van der Waals surface area contributed by atoms with Gasteiger partial charge < -0.3 is 10.2 Å². The van der Waals surface area contributed by atoms with E-state index in [-0.39, 0.29) is 6.54 Å². The fourth-order valence-electron chi connectivity index (χ4n) is 1.89. The number of aliphatic hydroxyl groups excluding tert-OH is 2. The average Bonchev–Trinajstić information content (AvgIpc) is 2.43. The molecule has 0 spiro atoms. The molecule has 0 radical (unpaired) electrons. The summed E-state index contributed by atoms with van der Waals surface area (Å²) in [6, 6.07) is 8.17. The second-order valence-electron chi connectivity index (χ2n) is 5.12. The predicted molar refractivity (Wildman–Crippen MR) is 70.5 cm³/mol. The molecule has 9 heteroatoms. The molecule has 0 saturated carbocycles. The molecule has 2 N–H and O–H groups in total. The minimum absolute atomic E-state index is 0.0709. The van der Waals surface area contributed by atoms with E-state index < -0.39 is 44.1 Å². The van der Waals surface area contributed by atoms with Crippen LogP contribution in [0.5, 0.6) is 0 Å². The topological polar surface area (TPSA) is 43.7 Å². The van der Waals surface area contributed by atoms with Crippen molar-refractivity contribution in [1.29, 1.82) is 0 Å². The van der Waals surface area contributed by atoms with E-state index in [9.17, 15) is 26.3 Å². The van der Waals surface area contributed by atoms with E-state index in [4.69, 9.17) is 10.2 Å². The quantitative estimate of drug-likeness (QED) is 0.747. The molecule has 0 amide bonds. The lowest BCUT2D eigenvalue weighted by molar-refractivity contribution is -0.213. The van der Waals surface area contributed by atoms with Crippen LogP contribution in [-0.2, 0) is 6.54 Å². The second-order valence-corrected chi connectivity index (χ2v) is 5.12. The van der Waals surface area contributed by atoms with E-state index in [1.165, 1.54) is 0 Å². The Kier molecular flexibility index (Phi) is 6.84. The molecule has 2 atom stereocenters. The van der Waals surface area contributed by atoms with Crippen molar-refractivity contribution in [2.75, 3.05) is 13.1 Å². The molecule has 132 valence electrons. The Morgan fingerprint density at radius 3 is 1.87 bits per heavy atom. The van der Waals surface area contributed by atoms with Gasteiger partial charge >= 0.3 is 12.4 Å². The van der Waals surface area contributed by atoms with Crippen LogP contribution in [0.2, 0.25) is 0 Å². The third-order valence-corrected chi connectivity index (χ3v) is 3.15. The van der Waals surface area contributed by atoms with Crippen LogP contribution < -0.4 is 0 Å². The van der Waals surface area contributed by atoms with E-state index in [0.717, 1.165) is 4.90 Å². The Morgan fingerprint density at radius 1 is 0.870 bits per heavy atom. The molecule has 0 aliphatic rings. The molecule has 1 aromatic rings. The zero-order valence-corrected chi connectivity index (χ0v) is 12.0. The van der Waals surface area contributed by atoms with Gasteiger partial charge in [-0.15, -0.1) is 0 Å². The third-order valence-electron chi connectivity index (χ3n) is 3.15. The van der Waals surface area contributed by atoms with Crippen molar-refractivity contribution in [2.45, 2.75) is 37.5 Å². The average molecular weight is 345 g/mol. The summed E-state index contributed by atoms with van der Waals surface area (Å²) in [6.07, 6.45) is -15.8. The number of nitrogens with zero attached hydrogens (tertiary/aromatic N) is 1. The van der Waals surface area contributed by atoms with Gasteiger partial charge in [-0.3, -0.25) is 4.90 Å². The van der Waals surface area contributed by atoms with E-state index >= 15 is 0 Å². The van der Waals surface area contributed by atoms with Crippen molar-refractivity contribution in [1.82, 2.24) is 4.90 Å². The van der Waals surface area contributed by atoms with Crippen LogP contribution in [-0.4, -0.2) is 52.8 Å². The molecular formula is C14H17F6NO2. The van der Waals surface area contributed by atoms with Crippen LogP contribution in [0.4, 0.5) is 26.3 Å². The van der Waals surface area contributed by atoms with Crippen molar-refractivity contribution in [3.63, 3.8) is 0 Å². The van der Waals surface area contributed by atoms with Crippen molar-refractivity contribution >= 4 is 0 Å². The van der Waals surface area contributed by atoms with Gasteiger partial charge in [0.25, 0.3) is 0 Å². The molecule has 0 saturated heterocycles. The highest BCUT2D eigenvalue weighted by Crippen LogP contribution is 2.24. The van der Waals surface area contributed by atoms with Gasteiger partial charge in [0.1, 0.15) is 0 Å². The summed E-state index contributed by atoms with van der Waals surface area (Å²) in [5, 5.41) is 18.1. The lowest BCUT2D eigenvalue weighted by Gasteiger charge is -2.27. The Hall–Kier alpha value is -1.32. The summed E-state index contributed by atoms with van der Waals surface area (Å²) < 4.78 is 74.1. The van der Waals surface area contributed by atoms with Crippen molar-refractivity contribution in [3.05, 3.63) is 35.9 Å². The Labute approximate surface area is 129 Å². The Morgan fingerprint density at radius 2 is 1.39 bits per heavy atom.